The summed E-state index contributed by atoms with van der Waals surface area (Å²) in [6.45, 7) is 5.90. The average molecular weight is 436 g/mol. The molecule has 0 spiro atoms. The number of hydrogen-bond donors (Lipinski definition) is 2. The quantitative estimate of drug-likeness (QED) is 0.505. The van der Waals surface area contributed by atoms with Gasteiger partial charge < -0.3 is 25.2 Å². The predicted molar refractivity (Wildman–Crippen MR) is 119 cm³/mol. The first-order valence-corrected chi connectivity index (χ1v) is 10.7. The van der Waals surface area contributed by atoms with Crippen molar-refractivity contribution in [3.8, 4) is 0 Å². The monoisotopic (exact) mass is 435 g/mol. The molecule has 0 unspecified atom stereocenters. The molecular formula is C22H34FN5O3. The largest absolute Gasteiger partial charge is 0.450 e. The zero-order valence-electron chi connectivity index (χ0n) is 18.9. The molecule has 31 heavy (non-hydrogen) atoms. The van der Waals surface area contributed by atoms with Crippen molar-refractivity contribution in [2.45, 2.75) is 39.2 Å². The Morgan fingerprint density at radius 1 is 1.29 bits per heavy atom. The molecule has 1 aromatic carbocycles. The summed E-state index contributed by atoms with van der Waals surface area (Å²) in [6, 6.07) is 4.91. The first kappa shape index (κ1) is 24.4. The smallest absolute Gasteiger partial charge is 0.409 e. The summed E-state index contributed by atoms with van der Waals surface area (Å²) in [5.74, 6) is 0.228. The molecule has 1 fully saturated rings. The van der Waals surface area contributed by atoms with Crippen LogP contribution in [0.4, 0.5) is 9.18 Å². The van der Waals surface area contributed by atoms with Crippen LogP contribution in [0.2, 0.25) is 0 Å². The van der Waals surface area contributed by atoms with E-state index in [0.29, 0.717) is 38.6 Å². The maximum absolute atomic E-state index is 13.3. The Morgan fingerprint density at radius 2 is 2.00 bits per heavy atom. The predicted octanol–water partition coefficient (Wildman–Crippen LogP) is 1.92. The SMILES string of the molecule is CCOC(=O)N1CCC(NC(=NCC(=O)N(C)C)NCCc2ccc(F)cc2C)CC1. The van der Waals surface area contributed by atoms with Gasteiger partial charge in [-0.05, 0) is 56.4 Å². The molecule has 2 N–H and O–H groups in total. The lowest BCUT2D eigenvalue weighted by Crippen LogP contribution is -2.50. The van der Waals surface area contributed by atoms with Crippen LogP contribution in [-0.2, 0) is 16.0 Å². The van der Waals surface area contributed by atoms with Crippen LogP contribution in [0.3, 0.4) is 0 Å². The van der Waals surface area contributed by atoms with Crippen molar-refractivity contribution >= 4 is 18.0 Å². The normalized spacial score (nSPS) is 14.9. The van der Waals surface area contributed by atoms with Gasteiger partial charge in [0.2, 0.25) is 5.91 Å². The number of halogens is 1. The average Bonchev–Trinajstić information content (AvgIpc) is 2.73. The molecule has 1 aliphatic rings. The van der Waals surface area contributed by atoms with E-state index < -0.39 is 0 Å². The second-order valence-electron chi connectivity index (χ2n) is 7.81. The van der Waals surface area contributed by atoms with Crippen LogP contribution in [-0.4, -0.2) is 80.7 Å². The third kappa shape index (κ3) is 8.07. The van der Waals surface area contributed by atoms with Crippen molar-refractivity contribution in [1.29, 1.82) is 0 Å². The van der Waals surface area contributed by atoms with Gasteiger partial charge in [0.1, 0.15) is 12.4 Å². The number of likely N-dealkylation sites (N-methyl/N-ethyl adjacent to an activating group) is 1. The minimum Gasteiger partial charge on any atom is -0.450 e. The van der Waals surface area contributed by atoms with E-state index in [0.717, 1.165) is 24.0 Å². The van der Waals surface area contributed by atoms with E-state index in [-0.39, 0.29) is 30.4 Å². The fraction of sp³-hybridized carbons (Fsp3) is 0.591. The standard InChI is InChI=1S/C22H34FN5O3/c1-5-31-22(30)28-12-9-19(10-13-28)26-21(25-15-20(29)27(3)4)24-11-8-17-6-7-18(23)14-16(17)2/h6-7,14,19H,5,8-13,15H2,1-4H3,(H2,24,25,26). The van der Waals surface area contributed by atoms with Gasteiger partial charge in [-0.15, -0.1) is 0 Å². The Labute approximate surface area is 183 Å². The molecule has 172 valence electrons. The number of carbonyl (C=O) groups is 2. The number of carbonyl (C=O) groups excluding carboxylic acids is 2. The van der Waals surface area contributed by atoms with E-state index in [2.05, 4.69) is 15.6 Å². The van der Waals surface area contributed by atoms with E-state index in [4.69, 9.17) is 4.74 Å². The van der Waals surface area contributed by atoms with Gasteiger partial charge >= 0.3 is 6.09 Å². The van der Waals surface area contributed by atoms with Crippen molar-refractivity contribution in [1.82, 2.24) is 20.4 Å². The maximum atomic E-state index is 13.3. The van der Waals surface area contributed by atoms with E-state index in [9.17, 15) is 14.0 Å². The number of nitrogens with one attached hydrogen (secondary N) is 2. The van der Waals surface area contributed by atoms with E-state index in [1.165, 1.54) is 17.0 Å². The molecule has 0 saturated carbocycles. The molecular weight excluding hydrogens is 401 g/mol. The van der Waals surface area contributed by atoms with Crippen LogP contribution in [0.5, 0.6) is 0 Å². The molecule has 8 nitrogen and oxygen atoms in total. The number of amides is 2. The third-order valence-corrected chi connectivity index (χ3v) is 5.22. The first-order chi connectivity index (χ1) is 14.8. The van der Waals surface area contributed by atoms with Gasteiger partial charge in [0.15, 0.2) is 5.96 Å². The fourth-order valence-electron chi connectivity index (χ4n) is 3.31. The number of guanidine groups is 1. The molecule has 1 heterocycles. The minimum absolute atomic E-state index is 0.0413. The van der Waals surface area contributed by atoms with Gasteiger partial charge in [0, 0.05) is 39.8 Å². The van der Waals surface area contributed by atoms with Crippen molar-refractivity contribution in [3.63, 3.8) is 0 Å². The van der Waals surface area contributed by atoms with Gasteiger partial charge in [-0.1, -0.05) is 6.07 Å². The molecule has 1 saturated heterocycles. The fourth-order valence-corrected chi connectivity index (χ4v) is 3.31. The van der Waals surface area contributed by atoms with Crippen LogP contribution in [0, 0.1) is 12.7 Å². The Morgan fingerprint density at radius 3 is 2.61 bits per heavy atom. The van der Waals surface area contributed by atoms with E-state index in [1.54, 1.807) is 32.0 Å². The molecule has 2 rings (SSSR count). The summed E-state index contributed by atoms with van der Waals surface area (Å²) in [6.07, 6.45) is 1.95. The summed E-state index contributed by atoms with van der Waals surface area (Å²) in [5.41, 5.74) is 1.96. The van der Waals surface area contributed by atoms with Crippen LogP contribution < -0.4 is 10.6 Å². The topological polar surface area (TPSA) is 86.3 Å². The van der Waals surface area contributed by atoms with Gasteiger partial charge in [-0.3, -0.25) is 4.79 Å². The highest BCUT2D eigenvalue weighted by Gasteiger charge is 2.24. The summed E-state index contributed by atoms with van der Waals surface area (Å²) >= 11 is 0. The molecule has 0 atom stereocenters. The molecule has 2 amide bonds. The number of likely N-dealkylation sites (tertiary alicyclic amines) is 1. The van der Waals surface area contributed by atoms with Gasteiger partial charge in [0.25, 0.3) is 0 Å². The summed E-state index contributed by atoms with van der Waals surface area (Å²) in [7, 11) is 3.39. The van der Waals surface area contributed by atoms with Crippen LogP contribution in [0.25, 0.3) is 0 Å². The van der Waals surface area contributed by atoms with Gasteiger partial charge in [-0.25, -0.2) is 14.2 Å². The zero-order valence-corrected chi connectivity index (χ0v) is 18.9. The minimum atomic E-state index is -0.279. The highest BCUT2D eigenvalue weighted by molar-refractivity contribution is 5.85. The number of ether oxygens (including phenoxy) is 1. The molecule has 1 aromatic rings. The number of benzene rings is 1. The van der Waals surface area contributed by atoms with E-state index >= 15 is 0 Å². The Bertz CT molecular complexity index is 776. The first-order valence-electron chi connectivity index (χ1n) is 10.7. The van der Waals surface area contributed by atoms with Crippen molar-refractivity contribution < 1.29 is 18.7 Å². The van der Waals surface area contributed by atoms with Crippen molar-refractivity contribution in [2.24, 2.45) is 4.99 Å². The van der Waals surface area contributed by atoms with E-state index in [1.807, 2.05) is 6.92 Å². The molecule has 0 aromatic heterocycles. The number of piperidine rings is 1. The highest BCUT2D eigenvalue weighted by Crippen LogP contribution is 2.12. The molecule has 0 aliphatic carbocycles. The molecule has 0 radical (unpaired) electrons. The number of rotatable bonds is 7. The number of hydrogen-bond acceptors (Lipinski definition) is 4. The summed E-state index contributed by atoms with van der Waals surface area (Å²) in [4.78, 5) is 31.5. The maximum Gasteiger partial charge on any atom is 0.409 e. The highest BCUT2D eigenvalue weighted by atomic mass is 19.1. The van der Waals surface area contributed by atoms with Gasteiger partial charge in [-0.2, -0.15) is 0 Å². The lowest BCUT2D eigenvalue weighted by Gasteiger charge is -2.32. The Kier molecular flexibility index (Phi) is 9.55. The van der Waals surface area contributed by atoms with Crippen LogP contribution in [0.15, 0.2) is 23.2 Å². The van der Waals surface area contributed by atoms with Crippen LogP contribution in [0.1, 0.15) is 30.9 Å². The third-order valence-electron chi connectivity index (χ3n) is 5.22. The second kappa shape index (κ2) is 12.1. The Hall–Kier alpha value is -2.84. The summed E-state index contributed by atoms with van der Waals surface area (Å²) in [5, 5.41) is 6.66. The summed E-state index contributed by atoms with van der Waals surface area (Å²) < 4.78 is 18.4. The molecule has 1 aliphatic heterocycles. The number of aryl methyl sites for hydroxylation is 1. The van der Waals surface area contributed by atoms with Crippen LogP contribution >= 0.6 is 0 Å². The number of aliphatic imine (C=N–C) groups is 1. The Balaban J connectivity index is 1.93. The molecule has 0 bridgehead atoms. The lowest BCUT2D eigenvalue weighted by atomic mass is 10.1. The van der Waals surface area contributed by atoms with Gasteiger partial charge in [0.05, 0.1) is 6.61 Å². The zero-order chi connectivity index (χ0) is 22.8. The lowest BCUT2D eigenvalue weighted by molar-refractivity contribution is -0.127. The molecule has 9 heteroatoms. The number of nitrogens with zero attached hydrogens (tertiary/aromatic N) is 3. The second-order valence-corrected chi connectivity index (χ2v) is 7.81. The van der Waals surface area contributed by atoms with Crippen molar-refractivity contribution in [3.05, 3.63) is 35.1 Å². The van der Waals surface area contributed by atoms with Crippen molar-refractivity contribution in [2.75, 3.05) is 46.9 Å².